The molecule has 0 bridgehead atoms. The molecule has 0 atom stereocenters. The van der Waals surface area contributed by atoms with E-state index in [0.29, 0.717) is 6.42 Å². The molecule has 0 aromatic rings. The Kier molecular flexibility index (Phi) is 23.7. The summed E-state index contributed by atoms with van der Waals surface area (Å²) in [6.07, 6.45) is 13.3. The summed E-state index contributed by atoms with van der Waals surface area (Å²) >= 11 is 0. The van der Waals surface area contributed by atoms with Gasteiger partial charge in [-0.3, -0.25) is 4.55 Å². The quantitative estimate of drug-likeness (QED) is 0.243. The minimum Gasteiger partial charge on any atom is -1.00 e. The van der Waals surface area contributed by atoms with Crippen LogP contribution in [0.15, 0.2) is 0 Å². The number of halogens is 1. The van der Waals surface area contributed by atoms with Crippen molar-refractivity contribution in [2.75, 3.05) is 6.61 Å². The SMILES string of the molecule is CCCCCCCCCCCCCOS(=O)(=O)O.[Cl-].[Na+]. The molecule has 0 spiro atoms. The van der Waals surface area contributed by atoms with E-state index in [0.717, 1.165) is 12.8 Å². The number of hydrogen-bond donors (Lipinski definition) is 1. The maximum absolute atomic E-state index is 10.2. The second-order valence-corrected chi connectivity index (χ2v) is 5.88. The van der Waals surface area contributed by atoms with Crippen LogP contribution in [-0.4, -0.2) is 19.6 Å². The Labute approximate surface area is 153 Å². The summed E-state index contributed by atoms with van der Waals surface area (Å²) in [4.78, 5) is 0. The second kappa shape index (κ2) is 18.2. The fraction of sp³-hybridized carbons (Fsp3) is 1.00. The first kappa shape index (κ1) is 26.1. The summed E-state index contributed by atoms with van der Waals surface area (Å²) in [6, 6.07) is 0. The summed E-state index contributed by atoms with van der Waals surface area (Å²) in [5.74, 6) is 0. The molecule has 0 heterocycles. The molecule has 0 aliphatic rings. The van der Waals surface area contributed by atoms with Gasteiger partial charge in [0.05, 0.1) is 6.61 Å². The van der Waals surface area contributed by atoms with Crippen molar-refractivity contribution in [2.24, 2.45) is 0 Å². The summed E-state index contributed by atoms with van der Waals surface area (Å²) in [6.45, 7) is 2.32. The molecule has 0 aliphatic carbocycles. The second-order valence-electron chi connectivity index (χ2n) is 4.79. The molecule has 0 unspecified atom stereocenters. The van der Waals surface area contributed by atoms with E-state index < -0.39 is 10.4 Å². The number of hydrogen-bond acceptors (Lipinski definition) is 3. The van der Waals surface area contributed by atoms with Gasteiger partial charge in [-0.1, -0.05) is 71.1 Å². The van der Waals surface area contributed by atoms with Crippen molar-refractivity contribution in [1.29, 1.82) is 0 Å². The molecule has 0 fully saturated rings. The predicted molar refractivity (Wildman–Crippen MR) is 74.0 cm³/mol. The summed E-state index contributed by atoms with van der Waals surface area (Å²) in [7, 11) is -4.24. The molecule has 7 heteroatoms. The van der Waals surface area contributed by atoms with Crippen LogP contribution in [0.1, 0.15) is 77.6 Å². The number of unbranched alkanes of at least 4 members (excludes halogenated alkanes) is 10. The fourth-order valence-corrected chi connectivity index (χ4v) is 2.26. The molecule has 0 amide bonds. The first-order valence-electron chi connectivity index (χ1n) is 7.18. The van der Waals surface area contributed by atoms with Crippen LogP contribution in [0.4, 0.5) is 0 Å². The first-order valence-corrected chi connectivity index (χ1v) is 8.54. The number of rotatable bonds is 13. The van der Waals surface area contributed by atoms with E-state index in [1.54, 1.807) is 0 Å². The molecule has 0 aliphatic heterocycles. The van der Waals surface area contributed by atoms with Crippen molar-refractivity contribution in [2.45, 2.75) is 77.6 Å². The molecule has 0 saturated heterocycles. The van der Waals surface area contributed by atoms with Crippen LogP contribution in [0, 0.1) is 0 Å². The van der Waals surface area contributed by atoms with Crippen LogP contribution in [0.25, 0.3) is 0 Å². The standard InChI is InChI=1S/C13H28O4S.ClH.Na/c1-2-3-4-5-6-7-8-9-10-11-12-13-17-18(14,15)16;;/h2-13H2,1H3,(H,14,15,16);1H;/q;;+1/p-1. The van der Waals surface area contributed by atoms with Crippen LogP contribution in [0.2, 0.25) is 0 Å². The maximum Gasteiger partial charge on any atom is 1.00 e. The van der Waals surface area contributed by atoms with Gasteiger partial charge in [0.15, 0.2) is 0 Å². The van der Waals surface area contributed by atoms with E-state index in [4.69, 9.17) is 4.55 Å². The van der Waals surface area contributed by atoms with Gasteiger partial charge in [-0.2, -0.15) is 8.42 Å². The molecular formula is C13H28ClNaO4S. The van der Waals surface area contributed by atoms with Gasteiger partial charge in [0.2, 0.25) is 0 Å². The third kappa shape index (κ3) is 24.2. The molecule has 1 N–H and O–H groups in total. The van der Waals surface area contributed by atoms with Crippen LogP contribution in [0.3, 0.4) is 0 Å². The van der Waals surface area contributed by atoms with E-state index in [-0.39, 0.29) is 48.6 Å². The van der Waals surface area contributed by atoms with Gasteiger partial charge in [0.25, 0.3) is 0 Å². The fourth-order valence-electron chi connectivity index (χ4n) is 1.93. The van der Waals surface area contributed by atoms with E-state index in [9.17, 15) is 8.42 Å². The minimum atomic E-state index is -4.24. The van der Waals surface area contributed by atoms with Gasteiger partial charge < -0.3 is 12.4 Å². The smallest absolute Gasteiger partial charge is 1.00 e. The van der Waals surface area contributed by atoms with E-state index in [1.165, 1.54) is 51.4 Å². The molecule has 118 valence electrons. The molecule has 0 rings (SSSR count). The predicted octanol–water partition coefficient (Wildman–Crippen LogP) is -1.88. The van der Waals surface area contributed by atoms with Crippen LogP contribution in [-0.2, 0) is 14.6 Å². The summed E-state index contributed by atoms with van der Waals surface area (Å²) < 4.78 is 33.1. The minimum absolute atomic E-state index is 0. The van der Waals surface area contributed by atoms with Crippen molar-refractivity contribution in [3.05, 3.63) is 0 Å². The molecule has 0 radical (unpaired) electrons. The van der Waals surface area contributed by atoms with Gasteiger partial charge in [0, 0.05) is 0 Å². The third-order valence-electron chi connectivity index (χ3n) is 2.98. The average Bonchev–Trinajstić information content (AvgIpc) is 2.29. The Morgan fingerprint density at radius 2 is 1.15 bits per heavy atom. The maximum atomic E-state index is 10.2. The zero-order valence-electron chi connectivity index (χ0n) is 12.9. The van der Waals surface area contributed by atoms with Crippen molar-refractivity contribution >= 4 is 10.4 Å². The zero-order valence-corrected chi connectivity index (χ0v) is 16.5. The largest absolute Gasteiger partial charge is 1.00 e. The topological polar surface area (TPSA) is 63.6 Å². The van der Waals surface area contributed by atoms with E-state index >= 15 is 0 Å². The van der Waals surface area contributed by atoms with Crippen LogP contribution in [0.5, 0.6) is 0 Å². The Hall–Kier alpha value is 1.16. The molecular weight excluding hydrogens is 311 g/mol. The van der Waals surface area contributed by atoms with Gasteiger partial charge in [-0.05, 0) is 6.42 Å². The molecule has 0 saturated carbocycles. The van der Waals surface area contributed by atoms with Crippen molar-refractivity contribution in [3.63, 3.8) is 0 Å². The van der Waals surface area contributed by atoms with Gasteiger partial charge in [-0.25, -0.2) is 4.18 Å². The summed E-state index contributed by atoms with van der Waals surface area (Å²) in [5, 5.41) is 0. The van der Waals surface area contributed by atoms with Crippen LogP contribution < -0.4 is 42.0 Å². The molecule has 20 heavy (non-hydrogen) atoms. The van der Waals surface area contributed by atoms with Crippen molar-refractivity contribution in [3.8, 4) is 0 Å². The zero-order chi connectivity index (χ0) is 13.7. The Bertz CT molecular complexity index is 274. The third-order valence-corrected chi connectivity index (χ3v) is 3.44. The Balaban J connectivity index is -0.00000144. The van der Waals surface area contributed by atoms with Gasteiger partial charge >= 0.3 is 40.0 Å². The van der Waals surface area contributed by atoms with Gasteiger partial charge in [0.1, 0.15) is 0 Å². The normalized spacial score (nSPS) is 10.7. The Morgan fingerprint density at radius 3 is 1.50 bits per heavy atom. The van der Waals surface area contributed by atoms with E-state index in [1.807, 2.05) is 0 Å². The molecule has 0 aromatic carbocycles. The van der Waals surface area contributed by atoms with Crippen molar-refractivity contribution in [1.82, 2.24) is 0 Å². The molecule has 4 nitrogen and oxygen atoms in total. The average molecular weight is 339 g/mol. The van der Waals surface area contributed by atoms with Gasteiger partial charge in [-0.15, -0.1) is 0 Å². The molecule has 0 aromatic heterocycles. The van der Waals surface area contributed by atoms with Crippen LogP contribution >= 0.6 is 0 Å². The summed E-state index contributed by atoms with van der Waals surface area (Å²) in [5.41, 5.74) is 0. The van der Waals surface area contributed by atoms with E-state index in [2.05, 4.69) is 11.1 Å². The monoisotopic (exact) mass is 338 g/mol. The van der Waals surface area contributed by atoms with Crippen molar-refractivity contribution < 1.29 is 59.1 Å². The first-order chi connectivity index (χ1) is 8.56. The Morgan fingerprint density at radius 1 is 0.800 bits per heavy atom.